The van der Waals surface area contributed by atoms with Crippen molar-refractivity contribution in [1.82, 2.24) is 0 Å². The molecule has 26 heavy (non-hydrogen) atoms. The molecule has 0 fully saturated rings. The van der Waals surface area contributed by atoms with Crippen LogP contribution in [0.2, 0.25) is 0 Å². The fourth-order valence-electron chi connectivity index (χ4n) is 3.83. The van der Waals surface area contributed by atoms with Gasteiger partial charge in [0, 0.05) is 0 Å². The first-order valence-electron chi connectivity index (χ1n) is 9.80. The molecule has 0 atom stereocenters. The lowest BCUT2D eigenvalue weighted by Gasteiger charge is -2.46. The van der Waals surface area contributed by atoms with Crippen molar-refractivity contribution in [2.45, 2.75) is 104 Å². The smallest absolute Gasteiger partial charge is 0.0140 e. The number of rotatable bonds is 3. The Morgan fingerprint density at radius 2 is 1.23 bits per heavy atom. The highest BCUT2D eigenvalue weighted by Gasteiger charge is 2.34. The molecular weight excluding hydrogens is 352 g/mol. The van der Waals surface area contributed by atoms with Crippen molar-refractivity contribution in [3.63, 3.8) is 0 Å². The van der Waals surface area contributed by atoms with E-state index in [0.29, 0.717) is 10.3 Å². The summed E-state index contributed by atoms with van der Waals surface area (Å²) in [5.74, 6) is 2.47. The van der Waals surface area contributed by atoms with Crippen LogP contribution in [0.5, 0.6) is 0 Å². The van der Waals surface area contributed by atoms with Gasteiger partial charge in [0.05, 0.1) is 0 Å². The Balaban J connectivity index is 3.06. The molecule has 0 bridgehead atoms. The van der Waals surface area contributed by atoms with Gasteiger partial charge in [0.15, 0.2) is 0 Å². The van der Waals surface area contributed by atoms with Crippen LogP contribution < -0.4 is 0 Å². The van der Waals surface area contributed by atoms with Crippen molar-refractivity contribution in [2.75, 3.05) is 6.16 Å². The number of hydrogen-bond donors (Lipinski definition) is 0. The molecule has 3 heteroatoms. The molecule has 0 N–H and O–H groups in total. The molecule has 0 aliphatic carbocycles. The van der Waals surface area contributed by atoms with Gasteiger partial charge >= 0.3 is 0 Å². The summed E-state index contributed by atoms with van der Waals surface area (Å²) in [6, 6.07) is 0. The molecule has 0 radical (unpaired) electrons. The van der Waals surface area contributed by atoms with E-state index < -0.39 is 0 Å². The lowest BCUT2D eigenvalue weighted by molar-refractivity contribution is 0.706. The van der Waals surface area contributed by atoms with Crippen LogP contribution in [-0.2, 0) is 0 Å². The fourth-order valence-corrected chi connectivity index (χ4v) is 10.5. The third kappa shape index (κ3) is 7.13. The van der Waals surface area contributed by atoms with Crippen LogP contribution in [0.1, 0.15) is 83.1 Å². The van der Waals surface area contributed by atoms with E-state index in [4.69, 9.17) is 5.32 Å². The molecule has 1 rings (SSSR count). The second-order valence-corrected chi connectivity index (χ2v) is 18.9. The molecule has 0 unspecified atom stereocenters. The number of nitrogens with zero attached hydrogens (tertiary/aromatic N) is 1. The molecule has 0 aromatic carbocycles. The summed E-state index contributed by atoms with van der Waals surface area (Å²) in [5.41, 5.74) is 2.42. The van der Waals surface area contributed by atoms with Gasteiger partial charge in [0.1, 0.15) is 0 Å². The summed E-state index contributed by atoms with van der Waals surface area (Å²) in [6.45, 7) is 28.5. The summed E-state index contributed by atoms with van der Waals surface area (Å²) in [6.07, 6.45) is 7.71. The van der Waals surface area contributed by atoms with Crippen molar-refractivity contribution in [3.05, 3.63) is 40.8 Å². The molecule has 0 spiro atoms. The van der Waals surface area contributed by atoms with E-state index in [1.165, 1.54) is 5.70 Å². The van der Waals surface area contributed by atoms with Gasteiger partial charge in [-0.2, -0.15) is 5.70 Å². The zero-order valence-electron chi connectivity index (χ0n) is 19.4. The normalized spacial score (nSPS) is 18.5. The maximum absolute atomic E-state index is 5.08. The second-order valence-electron chi connectivity index (χ2n) is 11.3. The van der Waals surface area contributed by atoms with Gasteiger partial charge in [0.2, 0.25) is 0 Å². The van der Waals surface area contributed by atoms with E-state index in [2.05, 4.69) is 107 Å². The van der Waals surface area contributed by atoms with E-state index in [1.54, 1.807) is 0 Å². The molecule has 0 saturated heterocycles. The lowest BCUT2D eigenvalue weighted by atomic mass is 10.2. The van der Waals surface area contributed by atoms with E-state index in [1.807, 2.05) is 0 Å². The Morgan fingerprint density at radius 1 is 0.769 bits per heavy atom. The van der Waals surface area contributed by atoms with Crippen LogP contribution in [0.15, 0.2) is 35.4 Å². The fraction of sp³-hybridized carbons (Fsp3) is 0.739. The van der Waals surface area contributed by atoms with Gasteiger partial charge in [-0.3, -0.25) is 0 Å². The number of allylic oxidation sites excluding steroid dienone is 4. The second kappa shape index (κ2) is 8.09. The number of hydrogen-bond acceptors (Lipinski definition) is 0. The maximum atomic E-state index is 5.08. The van der Waals surface area contributed by atoms with Crippen LogP contribution in [0.25, 0.3) is 5.32 Å². The summed E-state index contributed by atoms with van der Waals surface area (Å²) in [4.78, 5) is 0. The lowest BCUT2D eigenvalue weighted by Crippen LogP contribution is -2.27. The van der Waals surface area contributed by atoms with Crippen molar-refractivity contribution >= 4 is 15.8 Å². The van der Waals surface area contributed by atoms with Gasteiger partial charge in [-0.05, 0) is 26.8 Å². The minimum Gasteiger partial charge on any atom is -0.661 e. The van der Waals surface area contributed by atoms with E-state index >= 15 is 0 Å². The van der Waals surface area contributed by atoms with E-state index in [-0.39, 0.29) is 26.2 Å². The molecule has 1 heterocycles. The highest BCUT2D eigenvalue weighted by atomic mass is 31.1. The summed E-state index contributed by atoms with van der Waals surface area (Å²) >= 11 is 0. The average Bonchev–Trinajstić information content (AvgIpc) is 2.37. The topological polar surface area (TPSA) is 14.1 Å². The average molecular weight is 395 g/mol. The molecular formula is C23H42NP2-. The van der Waals surface area contributed by atoms with Crippen LogP contribution in [-0.4, -0.2) is 26.8 Å². The molecule has 0 aromatic rings. The Labute approximate surface area is 166 Å². The van der Waals surface area contributed by atoms with Crippen molar-refractivity contribution in [2.24, 2.45) is 0 Å². The van der Waals surface area contributed by atoms with Crippen molar-refractivity contribution in [1.29, 1.82) is 0 Å². The minimum absolute atomic E-state index is 0.168. The third-order valence-electron chi connectivity index (χ3n) is 4.47. The van der Waals surface area contributed by atoms with Gasteiger partial charge in [-0.25, -0.2) is 0 Å². The Hall–Kier alpha value is -0.120. The molecule has 1 aliphatic rings. The summed E-state index contributed by atoms with van der Waals surface area (Å²) in [7, 11) is -0.447. The maximum Gasteiger partial charge on any atom is -0.0140 e. The van der Waals surface area contributed by atoms with E-state index in [9.17, 15) is 0 Å². The van der Waals surface area contributed by atoms with Crippen LogP contribution in [0.4, 0.5) is 0 Å². The first-order valence-corrected chi connectivity index (χ1v) is 12.7. The van der Waals surface area contributed by atoms with Gasteiger partial charge in [-0.1, -0.05) is 123 Å². The SMILES string of the molecule is CC(C)(C)P(C=C1C=CC=C(CP(C(C)(C)C)C(C)(C)C)[N-]1)C(C)(C)C. The largest absolute Gasteiger partial charge is 0.661 e. The van der Waals surface area contributed by atoms with Crippen molar-refractivity contribution in [3.8, 4) is 0 Å². The molecule has 0 aromatic heterocycles. The molecule has 1 aliphatic heterocycles. The summed E-state index contributed by atoms with van der Waals surface area (Å²) in [5, 5.41) is 6.32. The Morgan fingerprint density at radius 3 is 1.62 bits per heavy atom. The van der Waals surface area contributed by atoms with Crippen molar-refractivity contribution < 1.29 is 0 Å². The Bertz CT molecular complexity index is 541. The van der Waals surface area contributed by atoms with Gasteiger partial charge in [0.25, 0.3) is 0 Å². The molecule has 0 saturated carbocycles. The molecule has 1 nitrogen and oxygen atoms in total. The predicted octanol–water partition coefficient (Wildman–Crippen LogP) is 8.81. The third-order valence-corrected chi connectivity index (χ3v) is 11.8. The van der Waals surface area contributed by atoms with E-state index in [0.717, 1.165) is 11.9 Å². The predicted molar refractivity (Wildman–Crippen MR) is 126 cm³/mol. The standard InChI is InChI=1S/C23H42NP2/c1-20(2,3)25(21(4,5)6)16-18-14-13-15-19(24-18)17-26(22(7,8)9)23(10,11)12/h13-16H,17H2,1-12H3/q-1. The molecule has 0 amide bonds. The first-order chi connectivity index (χ1) is 11.4. The highest BCUT2D eigenvalue weighted by molar-refractivity contribution is 7.64. The monoisotopic (exact) mass is 394 g/mol. The van der Waals surface area contributed by atoms with Crippen LogP contribution in [0.3, 0.4) is 0 Å². The minimum atomic E-state index is -0.279. The zero-order valence-corrected chi connectivity index (χ0v) is 21.1. The zero-order chi connectivity index (χ0) is 20.6. The van der Waals surface area contributed by atoms with Gasteiger partial charge < -0.3 is 5.32 Å². The van der Waals surface area contributed by atoms with Crippen LogP contribution >= 0.6 is 15.8 Å². The highest BCUT2D eigenvalue weighted by Crippen LogP contribution is 2.62. The summed E-state index contributed by atoms with van der Waals surface area (Å²) < 4.78 is 0. The Kier molecular flexibility index (Phi) is 7.44. The van der Waals surface area contributed by atoms with Crippen LogP contribution in [0, 0.1) is 0 Å². The van der Waals surface area contributed by atoms with Gasteiger partial charge in [-0.15, -0.1) is 5.70 Å². The first kappa shape index (κ1) is 23.9. The quantitative estimate of drug-likeness (QED) is 0.425. The molecule has 150 valence electrons.